The Morgan fingerprint density at radius 1 is 1.42 bits per heavy atom. The lowest BCUT2D eigenvalue weighted by Gasteiger charge is -2.04. The summed E-state index contributed by atoms with van der Waals surface area (Å²) in [6, 6.07) is 0.543. The fourth-order valence-electron chi connectivity index (χ4n) is 1.93. The molecule has 2 aromatic heterocycles. The Kier molecular flexibility index (Phi) is 3.54. The van der Waals surface area contributed by atoms with E-state index in [1.807, 2.05) is 11.6 Å². The standard InChI is InChI=1S/C12H18N6O/c1-2-19-7-3-6-18-12-10(16-17-18)11(13-8-14-12)15-9-4-5-9/h8-9H,2-7H2,1H3,(H,13,14,15). The molecule has 2 aromatic rings. The van der Waals surface area contributed by atoms with E-state index in [1.165, 1.54) is 12.8 Å². The van der Waals surface area contributed by atoms with Gasteiger partial charge in [-0.05, 0) is 26.2 Å². The average molecular weight is 262 g/mol. The number of aromatic nitrogens is 5. The van der Waals surface area contributed by atoms with Gasteiger partial charge in [0.25, 0.3) is 0 Å². The van der Waals surface area contributed by atoms with E-state index in [9.17, 15) is 0 Å². The van der Waals surface area contributed by atoms with Crippen molar-refractivity contribution in [1.29, 1.82) is 0 Å². The minimum absolute atomic E-state index is 0.543. The molecule has 19 heavy (non-hydrogen) atoms. The summed E-state index contributed by atoms with van der Waals surface area (Å²) in [5, 5.41) is 11.7. The second-order valence-corrected chi connectivity index (χ2v) is 4.68. The summed E-state index contributed by atoms with van der Waals surface area (Å²) in [7, 11) is 0. The average Bonchev–Trinajstić information content (AvgIpc) is 3.14. The molecule has 0 radical (unpaired) electrons. The molecule has 3 rings (SSSR count). The van der Waals surface area contributed by atoms with Gasteiger partial charge in [-0.1, -0.05) is 5.21 Å². The SMILES string of the molecule is CCOCCCn1nnc2c(NC3CC3)ncnc21. The lowest BCUT2D eigenvalue weighted by Crippen LogP contribution is -2.06. The van der Waals surface area contributed by atoms with Crippen LogP contribution in [0.1, 0.15) is 26.2 Å². The number of nitrogens with zero attached hydrogens (tertiary/aromatic N) is 5. The summed E-state index contributed by atoms with van der Waals surface area (Å²) >= 11 is 0. The molecule has 102 valence electrons. The minimum Gasteiger partial charge on any atom is -0.382 e. The first-order valence-electron chi connectivity index (χ1n) is 6.77. The van der Waals surface area contributed by atoms with Crippen molar-refractivity contribution in [3.8, 4) is 0 Å². The van der Waals surface area contributed by atoms with E-state index in [2.05, 4.69) is 25.6 Å². The Morgan fingerprint density at radius 2 is 2.32 bits per heavy atom. The van der Waals surface area contributed by atoms with Crippen LogP contribution in [0.25, 0.3) is 11.2 Å². The minimum atomic E-state index is 0.543. The van der Waals surface area contributed by atoms with Gasteiger partial charge in [-0.15, -0.1) is 5.10 Å². The molecule has 1 fully saturated rings. The Morgan fingerprint density at radius 3 is 3.11 bits per heavy atom. The van der Waals surface area contributed by atoms with E-state index in [4.69, 9.17) is 4.74 Å². The van der Waals surface area contributed by atoms with Crippen molar-refractivity contribution in [3.63, 3.8) is 0 Å². The first-order chi connectivity index (χ1) is 9.38. The molecule has 0 spiro atoms. The highest BCUT2D eigenvalue weighted by atomic mass is 16.5. The van der Waals surface area contributed by atoms with Crippen molar-refractivity contribution in [2.24, 2.45) is 0 Å². The highest BCUT2D eigenvalue weighted by Crippen LogP contribution is 2.26. The zero-order chi connectivity index (χ0) is 13.1. The summed E-state index contributed by atoms with van der Waals surface area (Å²) < 4.78 is 7.14. The molecular formula is C12H18N6O. The number of nitrogens with one attached hydrogen (secondary N) is 1. The van der Waals surface area contributed by atoms with Crippen molar-refractivity contribution in [2.45, 2.75) is 38.8 Å². The maximum absolute atomic E-state index is 5.32. The van der Waals surface area contributed by atoms with Crippen LogP contribution in [0.4, 0.5) is 5.82 Å². The molecule has 1 saturated carbocycles. The van der Waals surface area contributed by atoms with Gasteiger partial charge in [0.15, 0.2) is 17.0 Å². The third-order valence-electron chi connectivity index (χ3n) is 3.08. The van der Waals surface area contributed by atoms with Crippen LogP contribution in [-0.2, 0) is 11.3 Å². The molecule has 2 heterocycles. The zero-order valence-corrected chi connectivity index (χ0v) is 11.0. The number of ether oxygens (including phenoxy) is 1. The molecule has 0 aromatic carbocycles. The van der Waals surface area contributed by atoms with Gasteiger partial charge in [-0.2, -0.15) is 0 Å². The predicted octanol–water partition coefficient (Wildman–Crippen LogP) is 1.22. The van der Waals surface area contributed by atoms with Crippen LogP contribution in [0, 0.1) is 0 Å². The molecule has 1 aliphatic rings. The lowest BCUT2D eigenvalue weighted by atomic mass is 10.4. The molecule has 1 aliphatic carbocycles. The van der Waals surface area contributed by atoms with Crippen LogP contribution < -0.4 is 5.32 Å². The van der Waals surface area contributed by atoms with Crippen LogP contribution in [-0.4, -0.2) is 44.2 Å². The molecule has 7 heteroatoms. The van der Waals surface area contributed by atoms with E-state index in [0.29, 0.717) is 6.04 Å². The number of aryl methyl sites for hydroxylation is 1. The number of anilines is 1. The molecule has 0 unspecified atom stereocenters. The molecule has 7 nitrogen and oxygen atoms in total. The Balaban J connectivity index is 1.74. The number of hydrogen-bond donors (Lipinski definition) is 1. The normalized spacial score (nSPS) is 15.0. The Bertz CT molecular complexity index is 550. The van der Waals surface area contributed by atoms with Gasteiger partial charge >= 0.3 is 0 Å². The van der Waals surface area contributed by atoms with Gasteiger partial charge in [0.1, 0.15) is 6.33 Å². The van der Waals surface area contributed by atoms with E-state index >= 15 is 0 Å². The first kappa shape index (κ1) is 12.3. The van der Waals surface area contributed by atoms with Crippen LogP contribution in [0.2, 0.25) is 0 Å². The van der Waals surface area contributed by atoms with Crippen molar-refractivity contribution < 1.29 is 4.74 Å². The van der Waals surface area contributed by atoms with Gasteiger partial charge in [0.2, 0.25) is 0 Å². The van der Waals surface area contributed by atoms with Gasteiger partial charge in [0.05, 0.1) is 0 Å². The molecule has 0 bridgehead atoms. The van der Waals surface area contributed by atoms with Gasteiger partial charge in [-0.25, -0.2) is 14.6 Å². The second kappa shape index (κ2) is 5.48. The smallest absolute Gasteiger partial charge is 0.183 e. The van der Waals surface area contributed by atoms with Crippen LogP contribution in [0.5, 0.6) is 0 Å². The van der Waals surface area contributed by atoms with Crippen molar-refractivity contribution >= 4 is 17.0 Å². The lowest BCUT2D eigenvalue weighted by molar-refractivity contribution is 0.141. The van der Waals surface area contributed by atoms with Crippen molar-refractivity contribution in [3.05, 3.63) is 6.33 Å². The molecule has 0 amide bonds. The maximum atomic E-state index is 5.32. The fourth-order valence-corrected chi connectivity index (χ4v) is 1.93. The third kappa shape index (κ3) is 2.81. The summed E-state index contributed by atoms with van der Waals surface area (Å²) in [5.74, 6) is 0.795. The van der Waals surface area contributed by atoms with Crippen molar-refractivity contribution in [1.82, 2.24) is 25.0 Å². The largest absolute Gasteiger partial charge is 0.382 e. The van der Waals surface area contributed by atoms with E-state index < -0.39 is 0 Å². The monoisotopic (exact) mass is 262 g/mol. The van der Waals surface area contributed by atoms with Gasteiger partial charge < -0.3 is 10.1 Å². The number of hydrogen-bond acceptors (Lipinski definition) is 6. The van der Waals surface area contributed by atoms with Crippen LogP contribution in [0.15, 0.2) is 6.33 Å². The number of fused-ring (bicyclic) bond motifs is 1. The topological polar surface area (TPSA) is 77.8 Å². The van der Waals surface area contributed by atoms with Gasteiger partial charge in [0, 0.05) is 25.8 Å². The highest BCUT2D eigenvalue weighted by Gasteiger charge is 2.23. The molecular weight excluding hydrogens is 244 g/mol. The van der Waals surface area contributed by atoms with Crippen LogP contribution >= 0.6 is 0 Å². The Hall–Kier alpha value is -1.76. The van der Waals surface area contributed by atoms with E-state index in [-0.39, 0.29) is 0 Å². The van der Waals surface area contributed by atoms with E-state index in [0.717, 1.165) is 43.2 Å². The zero-order valence-electron chi connectivity index (χ0n) is 11.0. The summed E-state index contributed by atoms with van der Waals surface area (Å²) in [5.41, 5.74) is 1.54. The van der Waals surface area contributed by atoms with Gasteiger partial charge in [-0.3, -0.25) is 0 Å². The molecule has 0 aliphatic heterocycles. The third-order valence-corrected chi connectivity index (χ3v) is 3.08. The first-order valence-corrected chi connectivity index (χ1v) is 6.77. The summed E-state index contributed by atoms with van der Waals surface area (Å²) in [4.78, 5) is 8.52. The summed E-state index contributed by atoms with van der Waals surface area (Å²) in [6.45, 7) is 4.23. The van der Waals surface area contributed by atoms with E-state index in [1.54, 1.807) is 6.33 Å². The Labute approximate surface area is 111 Å². The van der Waals surface area contributed by atoms with Crippen LogP contribution in [0.3, 0.4) is 0 Å². The molecule has 1 N–H and O–H groups in total. The fraction of sp³-hybridized carbons (Fsp3) is 0.667. The predicted molar refractivity (Wildman–Crippen MR) is 70.9 cm³/mol. The van der Waals surface area contributed by atoms with Crippen molar-refractivity contribution in [2.75, 3.05) is 18.5 Å². The second-order valence-electron chi connectivity index (χ2n) is 4.68. The number of rotatable bonds is 7. The maximum Gasteiger partial charge on any atom is 0.183 e. The molecule has 0 saturated heterocycles. The summed E-state index contributed by atoms with van der Waals surface area (Å²) in [6.07, 6.45) is 4.87. The highest BCUT2D eigenvalue weighted by molar-refractivity contribution is 5.82. The quantitative estimate of drug-likeness (QED) is 0.756. The molecule has 0 atom stereocenters.